The average Bonchev–Trinajstić information content (AvgIpc) is 1.07. The highest BCUT2D eigenvalue weighted by atomic mass is 16.7. The van der Waals surface area contributed by atoms with Crippen LogP contribution in [0.3, 0.4) is 0 Å². The Labute approximate surface area is 787 Å². The Morgan fingerprint density at radius 3 is 1.38 bits per heavy atom. The molecular formula is C87H135N15O34. The molecule has 17 atom stereocenters. The van der Waals surface area contributed by atoms with Crippen LogP contribution in [-0.4, -0.2) is 334 Å². The fourth-order valence-corrected chi connectivity index (χ4v) is 15.3. The van der Waals surface area contributed by atoms with Crippen LogP contribution in [0.25, 0.3) is 0 Å². The lowest BCUT2D eigenvalue weighted by Gasteiger charge is -2.44. The number of primary amides is 1. The summed E-state index contributed by atoms with van der Waals surface area (Å²) in [6.07, 6.45) is -9.80. The molecule has 0 aliphatic carbocycles. The van der Waals surface area contributed by atoms with E-state index in [0.29, 0.717) is 4.90 Å². The number of hydrogen-bond donors (Lipinski definition) is 12. The van der Waals surface area contributed by atoms with Crippen molar-refractivity contribution in [2.75, 3.05) is 85.5 Å². The van der Waals surface area contributed by atoms with Crippen molar-refractivity contribution in [1.29, 1.82) is 0 Å². The molecule has 0 saturated carbocycles. The molecule has 5 fully saturated rings. The van der Waals surface area contributed by atoms with Gasteiger partial charge in [-0.25, -0.2) is 19.3 Å². The predicted octanol–water partition coefficient (Wildman–Crippen LogP) is -1.63. The maximum Gasteiger partial charge on any atom is 0.417 e. The second kappa shape index (κ2) is 58.2. The molecule has 14 N–H and O–H groups in total. The van der Waals surface area contributed by atoms with Gasteiger partial charge in [0.2, 0.25) is 65.0 Å². The first-order valence-corrected chi connectivity index (χ1v) is 45.3. The van der Waals surface area contributed by atoms with E-state index in [4.69, 9.17) is 73.0 Å². The molecule has 0 aromatic carbocycles. The van der Waals surface area contributed by atoms with Gasteiger partial charge in [-0.15, -0.1) is 0 Å². The van der Waals surface area contributed by atoms with Crippen molar-refractivity contribution < 1.29 is 162 Å². The minimum atomic E-state index is -1.87. The third-order valence-electron chi connectivity index (χ3n) is 21.2. The number of nitrogens with two attached hydrogens (primary N) is 2. The molecule has 136 heavy (non-hydrogen) atoms. The number of nitrogens with zero attached hydrogens (tertiary/aromatic N) is 3. The van der Waals surface area contributed by atoms with E-state index in [1.54, 1.807) is 13.8 Å². The first kappa shape index (κ1) is 114. The number of imide groups is 1. The third kappa shape index (κ3) is 40.3. The first-order chi connectivity index (χ1) is 64.3. The third-order valence-corrected chi connectivity index (χ3v) is 21.2. The van der Waals surface area contributed by atoms with Crippen LogP contribution < -0.4 is 64.6 Å². The van der Waals surface area contributed by atoms with Crippen molar-refractivity contribution in [3.05, 3.63) is 24.3 Å². The summed E-state index contributed by atoms with van der Waals surface area (Å²) in [4.78, 5) is 288. The van der Waals surface area contributed by atoms with E-state index < -0.39 is 267 Å². The smallest absolute Gasteiger partial charge is 0.417 e. The number of unbranched alkanes of at least 4 members (excludes halogenated alkanes) is 3. The summed E-state index contributed by atoms with van der Waals surface area (Å²) < 4.78 is 72.5. The second-order valence-corrected chi connectivity index (χ2v) is 34.2. The Bertz CT molecular complexity index is 4200. The highest BCUT2D eigenvalue weighted by molar-refractivity contribution is 6.04. The molecule has 0 aromatic heterocycles. The van der Waals surface area contributed by atoms with Crippen LogP contribution in [0.1, 0.15) is 199 Å². The van der Waals surface area contributed by atoms with E-state index in [0.717, 1.165) is 53.4 Å². The van der Waals surface area contributed by atoms with Crippen molar-refractivity contribution in [1.82, 2.24) is 67.9 Å². The Morgan fingerprint density at radius 2 is 0.919 bits per heavy atom. The minimum Gasteiger partial charge on any atom is -0.463 e. The molecule has 0 radical (unpaired) electrons. The summed E-state index contributed by atoms with van der Waals surface area (Å²) in [5.74, 6) is -15.4. The Balaban J connectivity index is 1.47. The number of hydrogen-bond acceptors (Lipinski definition) is 35. The Morgan fingerprint density at radius 1 is 0.478 bits per heavy atom. The lowest BCUT2D eigenvalue weighted by molar-refractivity contribution is -0.275. The summed E-state index contributed by atoms with van der Waals surface area (Å²) in [7, 11) is 0. The molecule has 0 unspecified atom stereocenters. The number of alkyl carbamates (subject to hydrolysis) is 2. The van der Waals surface area contributed by atoms with Crippen LogP contribution in [-0.2, 0) is 148 Å². The average molecular weight is 1940 g/mol. The zero-order valence-corrected chi connectivity index (χ0v) is 79.3. The normalized spacial score (nSPS) is 25.0. The Kier molecular flexibility index (Phi) is 48.9. The minimum absolute atomic E-state index is 0.0248. The van der Waals surface area contributed by atoms with Gasteiger partial charge >= 0.3 is 54.1 Å². The van der Waals surface area contributed by atoms with E-state index in [1.807, 2.05) is 0 Å². The molecule has 0 spiro atoms. The molecule has 5 aliphatic rings. The van der Waals surface area contributed by atoms with Gasteiger partial charge in [-0.3, -0.25) is 86.3 Å². The lowest BCUT2D eigenvalue weighted by Crippen LogP contribution is -2.66. The highest BCUT2D eigenvalue weighted by Crippen LogP contribution is 2.32. The quantitative estimate of drug-likeness (QED) is 0.0141. The fourth-order valence-electron chi connectivity index (χ4n) is 15.3. The van der Waals surface area contributed by atoms with E-state index in [1.165, 1.54) is 56.9 Å². The SMILES string of the molecule is CC(=O)N[C@H]1[C@H](OC/C=C\COC(=O)NCCCC[C@@H]2NC(=O)[C@@H]3CCCN3C(=O)[C@H](CCCCN)N(C(=O)OC(C)(C)C)C(=O)[C@H](CCC(=O)NCCC(N)=O)NC(=O)[C@H](CC(C)C)NC(=O)CNC(=O)[C@@H]3CCCN3C(=O)[C@@H](CCCCNC(=O)OC/C=C\CO[C@@H]3O[C@H](COC(C)=O)[C@@H](OC(C)=O)[C@H](OC(C)=O)[C@H]3NC(C)=O)NC2=O)O[C@H](COC(C)=O)[C@@H](OC(C)=O)[C@@H]1OC(C)=O. The summed E-state index contributed by atoms with van der Waals surface area (Å²) >= 11 is 0. The molecular weight excluding hydrogens is 1800 g/mol. The maximum absolute atomic E-state index is 15.8. The Hall–Kier alpha value is -12.2. The summed E-state index contributed by atoms with van der Waals surface area (Å²) in [5.41, 5.74) is 9.92. The number of amides is 15. The zero-order valence-electron chi connectivity index (χ0n) is 79.3. The van der Waals surface area contributed by atoms with Crippen LogP contribution in [0.2, 0.25) is 0 Å². The van der Waals surface area contributed by atoms with Gasteiger partial charge in [0.1, 0.15) is 98.6 Å². The molecule has 0 aromatic rings. The van der Waals surface area contributed by atoms with Gasteiger partial charge in [0.15, 0.2) is 37.0 Å². The van der Waals surface area contributed by atoms with Crippen molar-refractivity contribution in [2.24, 2.45) is 17.4 Å². The van der Waals surface area contributed by atoms with Crippen LogP contribution in [0, 0.1) is 5.92 Å². The number of rotatable bonds is 42. The van der Waals surface area contributed by atoms with E-state index in [9.17, 15) is 76.7 Å². The van der Waals surface area contributed by atoms with Gasteiger partial charge in [0.05, 0.1) is 19.8 Å². The number of nitrogens with one attached hydrogen (secondary N) is 10. The number of fused-ring (bicyclic) bond motifs is 2. The number of esters is 6. The van der Waals surface area contributed by atoms with Gasteiger partial charge in [0.25, 0.3) is 5.91 Å². The molecule has 5 rings (SSSR count). The monoisotopic (exact) mass is 1930 g/mol. The van der Waals surface area contributed by atoms with Crippen molar-refractivity contribution in [2.45, 2.75) is 308 Å². The van der Waals surface area contributed by atoms with Crippen LogP contribution >= 0.6 is 0 Å². The van der Waals surface area contributed by atoms with Crippen LogP contribution in [0.5, 0.6) is 0 Å². The molecule has 15 amide bonds. The molecule has 5 aliphatic heterocycles. The van der Waals surface area contributed by atoms with Gasteiger partial charge in [-0.05, 0) is 142 Å². The summed E-state index contributed by atoms with van der Waals surface area (Å²) in [5, 5.41) is 26.1. The first-order valence-electron chi connectivity index (χ1n) is 45.3. The summed E-state index contributed by atoms with van der Waals surface area (Å²) in [6, 6.07) is -13.5. The van der Waals surface area contributed by atoms with Crippen LogP contribution in [0.15, 0.2) is 24.3 Å². The molecule has 762 valence electrons. The standard InChI is InChI=1S/C87H135N15O34/c1-48(2)44-60-76(115)99-59(31-32-67(112)90-37-33-66(89)111)80(119)102(86(123)136-87(11,12)13)63(28-14-17-34-88)81(120)101-39-25-30-62(101)78(117)97-57(26-15-18-35-91-84(121)126-42-22-20-40-124-82-69(94-49(3)103)73(132-55(9)109)71(130-53(7)107)64(134-82)46-128-51(5)105)75(114)98-58(79(118)100-38-24-29-61(100)77(116)93-45-68(113)96-60)27-16-19-36-92-85(122)127-43-23-21-41-125-83-70(95-50(4)104)74(133-56(10)110)72(131-54(8)108)65(135-83)47-129-52(6)106/h20-23,48,57-65,69-74,82-83H,14-19,24-47,88H2,1-13H3,(H2,89,111)(H,90,112)(H,91,121)(H,92,122)(H,93,116)(H,94,103)(H,95,104)(H,96,113)(H,97,117)(H,98,114)(H,99,115)/b22-20-,23-21-/t57-,58+,59-,60-,61-,62-,63-,64+,65+,69+,70+,71+,72+,73+,74+,82+,83+/m0/s1. The zero-order chi connectivity index (χ0) is 101. The highest BCUT2D eigenvalue weighted by Gasteiger charge is 2.54. The maximum atomic E-state index is 15.8. The van der Waals surface area contributed by atoms with Gasteiger partial charge in [-0.1, -0.05) is 26.0 Å². The van der Waals surface area contributed by atoms with Gasteiger partial charge in [0, 0.05) is 101 Å². The van der Waals surface area contributed by atoms with Gasteiger partial charge < -0.3 is 136 Å². The number of carbonyl (C=O) groups is 21. The lowest BCUT2D eigenvalue weighted by atomic mass is 9.96. The molecule has 5 saturated heterocycles. The summed E-state index contributed by atoms with van der Waals surface area (Å²) in [6.45, 7) is 13.2. The molecule has 49 heteroatoms. The van der Waals surface area contributed by atoms with E-state index >= 15 is 24.0 Å². The molecule has 49 nitrogen and oxygen atoms in total. The number of carbonyl (C=O) groups excluding carboxylic acids is 21. The fraction of sp³-hybridized carbons (Fsp3) is 0.713. The van der Waals surface area contributed by atoms with E-state index in [2.05, 4.69) is 53.2 Å². The van der Waals surface area contributed by atoms with Crippen molar-refractivity contribution >= 4 is 125 Å². The molecule has 0 bridgehead atoms. The largest absolute Gasteiger partial charge is 0.463 e. The van der Waals surface area contributed by atoms with E-state index in [-0.39, 0.29) is 168 Å². The number of ether oxygens (including phenoxy) is 13. The predicted molar refractivity (Wildman–Crippen MR) is 470 cm³/mol. The van der Waals surface area contributed by atoms with Crippen molar-refractivity contribution in [3.63, 3.8) is 0 Å². The topological polar surface area (TPSA) is 661 Å². The van der Waals surface area contributed by atoms with Crippen molar-refractivity contribution in [3.8, 4) is 0 Å². The second-order valence-electron chi connectivity index (χ2n) is 34.2. The van der Waals surface area contributed by atoms with Crippen LogP contribution in [0.4, 0.5) is 14.4 Å². The van der Waals surface area contributed by atoms with Gasteiger partial charge in [-0.2, -0.15) is 0 Å². The molecule has 5 heterocycles.